The van der Waals surface area contributed by atoms with Crippen molar-refractivity contribution in [2.24, 2.45) is 0 Å². The maximum atomic E-state index is 12.3. The van der Waals surface area contributed by atoms with Crippen molar-refractivity contribution in [2.75, 3.05) is 45.8 Å². The number of carbonyl (C=O) groups is 2. The molecular formula is C16H30N4O3. The fraction of sp³-hybridized carbons (Fsp3) is 0.875. The molecule has 132 valence electrons. The van der Waals surface area contributed by atoms with Gasteiger partial charge in [-0.1, -0.05) is 0 Å². The third kappa shape index (κ3) is 5.99. The summed E-state index contributed by atoms with van der Waals surface area (Å²) in [7, 11) is 0. The van der Waals surface area contributed by atoms with Gasteiger partial charge in [0.25, 0.3) is 0 Å². The quantitative estimate of drug-likeness (QED) is 0.786. The van der Waals surface area contributed by atoms with E-state index in [-0.39, 0.29) is 12.0 Å². The zero-order valence-corrected chi connectivity index (χ0v) is 14.6. The van der Waals surface area contributed by atoms with Crippen molar-refractivity contribution in [3.8, 4) is 0 Å². The van der Waals surface area contributed by atoms with Crippen molar-refractivity contribution < 1.29 is 14.3 Å². The fourth-order valence-corrected chi connectivity index (χ4v) is 2.83. The van der Waals surface area contributed by atoms with Gasteiger partial charge >= 0.3 is 6.09 Å². The minimum atomic E-state index is -0.484. The summed E-state index contributed by atoms with van der Waals surface area (Å²) >= 11 is 0. The van der Waals surface area contributed by atoms with E-state index in [0.717, 1.165) is 25.9 Å². The van der Waals surface area contributed by atoms with Gasteiger partial charge < -0.3 is 25.2 Å². The van der Waals surface area contributed by atoms with Crippen LogP contribution in [-0.4, -0.2) is 79.3 Å². The first-order chi connectivity index (χ1) is 10.8. The predicted octanol–water partition coefficient (Wildman–Crippen LogP) is 0.407. The van der Waals surface area contributed by atoms with Crippen molar-refractivity contribution >= 4 is 12.0 Å². The molecule has 2 rings (SSSR count). The summed E-state index contributed by atoms with van der Waals surface area (Å²) in [5.74, 6) is 0.111. The van der Waals surface area contributed by atoms with Gasteiger partial charge in [0, 0.05) is 38.8 Å². The molecular weight excluding hydrogens is 296 g/mol. The second kappa shape index (κ2) is 7.97. The molecule has 7 nitrogen and oxygen atoms in total. The lowest BCUT2D eigenvalue weighted by molar-refractivity contribution is -0.132. The molecule has 2 fully saturated rings. The Kier molecular flexibility index (Phi) is 6.24. The van der Waals surface area contributed by atoms with E-state index in [1.807, 2.05) is 25.7 Å². The molecule has 0 aliphatic carbocycles. The number of piperidine rings is 1. The van der Waals surface area contributed by atoms with Gasteiger partial charge in [0.2, 0.25) is 5.91 Å². The van der Waals surface area contributed by atoms with Crippen LogP contribution in [0.5, 0.6) is 0 Å². The number of piperazine rings is 1. The molecule has 1 atom stereocenters. The van der Waals surface area contributed by atoms with Gasteiger partial charge in [-0.15, -0.1) is 0 Å². The highest BCUT2D eigenvalue weighted by Crippen LogP contribution is 2.12. The Morgan fingerprint density at radius 3 is 2.39 bits per heavy atom. The second-order valence-electron chi connectivity index (χ2n) is 7.27. The highest BCUT2D eigenvalue weighted by atomic mass is 16.6. The molecule has 2 saturated heterocycles. The molecule has 23 heavy (non-hydrogen) atoms. The van der Waals surface area contributed by atoms with Crippen molar-refractivity contribution in [3.63, 3.8) is 0 Å². The number of carbonyl (C=O) groups excluding carboxylic acids is 2. The highest BCUT2D eigenvalue weighted by Gasteiger charge is 2.27. The molecule has 2 N–H and O–H groups in total. The van der Waals surface area contributed by atoms with Crippen molar-refractivity contribution in [1.82, 2.24) is 20.4 Å². The van der Waals surface area contributed by atoms with E-state index < -0.39 is 5.60 Å². The number of nitrogens with zero attached hydrogens (tertiary/aromatic N) is 2. The van der Waals surface area contributed by atoms with Gasteiger partial charge in [0.15, 0.2) is 0 Å². The molecule has 2 heterocycles. The lowest BCUT2D eigenvalue weighted by Crippen LogP contribution is -2.54. The number of rotatable bonds is 3. The predicted molar refractivity (Wildman–Crippen MR) is 88.3 cm³/mol. The van der Waals surface area contributed by atoms with E-state index in [0.29, 0.717) is 38.8 Å². The minimum Gasteiger partial charge on any atom is -0.444 e. The lowest BCUT2D eigenvalue weighted by Gasteiger charge is -2.36. The van der Waals surface area contributed by atoms with Crippen molar-refractivity contribution in [3.05, 3.63) is 0 Å². The Morgan fingerprint density at radius 2 is 1.83 bits per heavy atom. The third-order valence-electron chi connectivity index (χ3n) is 4.12. The number of ether oxygens (including phenoxy) is 1. The standard InChI is InChI=1S/C16H30N4O3/c1-16(2,3)23-15(22)20-9-7-19(8-10-20)14(21)12-18-13-5-4-6-17-11-13/h13,17-18H,4-12H2,1-3H3. The Balaban J connectivity index is 1.69. The van der Waals surface area contributed by atoms with Gasteiger partial charge in [-0.2, -0.15) is 0 Å². The average molecular weight is 326 g/mol. The molecule has 0 aromatic rings. The molecule has 7 heteroatoms. The lowest BCUT2D eigenvalue weighted by atomic mass is 10.1. The molecule has 1 unspecified atom stereocenters. The minimum absolute atomic E-state index is 0.111. The zero-order valence-electron chi connectivity index (χ0n) is 14.6. The first-order valence-electron chi connectivity index (χ1n) is 8.55. The summed E-state index contributed by atoms with van der Waals surface area (Å²) < 4.78 is 5.36. The van der Waals surface area contributed by atoms with Crippen LogP contribution in [0.25, 0.3) is 0 Å². The molecule has 0 radical (unpaired) electrons. The van der Waals surface area contributed by atoms with Crippen LogP contribution in [-0.2, 0) is 9.53 Å². The van der Waals surface area contributed by atoms with E-state index in [2.05, 4.69) is 10.6 Å². The van der Waals surface area contributed by atoms with Gasteiger partial charge in [-0.05, 0) is 40.2 Å². The molecule has 0 saturated carbocycles. The number of nitrogens with one attached hydrogen (secondary N) is 2. The normalized spacial score (nSPS) is 22.8. The van der Waals surface area contributed by atoms with Crippen molar-refractivity contribution in [2.45, 2.75) is 45.3 Å². The summed E-state index contributed by atoms with van der Waals surface area (Å²) in [5.41, 5.74) is -0.484. The van der Waals surface area contributed by atoms with Gasteiger partial charge in [-0.3, -0.25) is 4.79 Å². The second-order valence-corrected chi connectivity index (χ2v) is 7.27. The summed E-state index contributed by atoms with van der Waals surface area (Å²) in [6.07, 6.45) is 1.98. The van der Waals surface area contributed by atoms with Crippen molar-refractivity contribution in [1.29, 1.82) is 0 Å². The molecule has 0 spiro atoms. The highest BCUT2D eigenvalue weighted by molar-refractivity contribution is 5.78. The Hall–Kier alpha value is -1.34. The van der Waals surface area contributed by atoms with E-state index in [4.69, 9.17) is 4.74 Å². The zero-order chi connectivity index (χ0) is 16.9. The van der Waals surface area contributed by atoms with Gasteiger partial charge in [0.05, 0.1) is 6.54 Å². The van der Waals surface area contributed by atoms with Gasteiger partial charge in [0.1, 0.15) is 5.60 Å². The van der Waals surface area contributed by atoms with Crippen LogP contribution < -0.4 is 10.6 Å². The molecule has 2 aliphatic rings. The molecule has 0 aromatic carbocycles. The molecule has 2 aliphatic heterocycles. The molecule has 0 aromatic heterocycles. The summed E-state index contributed by atoms with van der Waals surface area (Å²) in [5, 5.41) is 6.65. The third-order valence-corrected chi connectivity index (χ3v) is 4.12. The van der Waals surface area contributed by atoms with E-state index in [1.165, 1.54) is 0 Å². The maximum absolute atomic E-state index is 12.3. The number of hydrogen-bond donors (Lipinski definition) is 2. The average Bonchev–Trinajstić information content (AvgIpc) is 2.52. The maximum Gasteiger partial charge on any atom is 0.410 e. The number of hydrogen-bond acceptors (Lipinski definition) is 5. The Bertz CT molecular complexity index is 408. The first-order valence-corrected chi connectivity index (χ1v) is 8.55. The van der Waals surface area contributed by atoms with E-state index in [1.54, 1.807) is 4.90 Å². The van der Waals surface area contributed by atoms with Crippen LogP contribution in [0, 0.1) is 0 Å². The Morgan fingerprint density at radius 1 is 1.17 bits per heavy atom. The number of amides is 2. The first kappa shape index (κ1) is 18.0. The summed E-state index contributed by atoms with van der Waals surface area (Å²) in [6, 6.07) is 0.385. The van der Waals surface area contributed by atoms with E-state index in [9.17, 15) is 9.59 Å². The van der Waals surface area contributed by atoms with Crippen LogP contribution >= 0.6 is 0 Å². The van der Waals surface area contributed by atoms with Crippen LogP contribution in [0.2, 0.25) is 0 Å². The topological polar surface area (TPSA) is 73.9 Å². The summed E-state index contributed by atoms with van der Waals surface area (Å²) in [6.45, 7) is 10.2. The molecule has 2 amide bonds. The van der Waals surface area contributed by atoms with Crippen LogP contribution in [0.15, 0.2) is 0 Å². The van der Waals surface area contributed by atoms with E-state index >= 15 is 0 Å². The van der Waals surface area contributed by atoms with Crippen LogP contribution in [0.1, 0.15) is 33.6 Å². The smallest absolute Gasteiger partial charge is 0.410 e. The van der Waals surface area contributed by atoms with Crippen LogP contribution in [0.4, 0.5) is 4.79 Å². The fourth-order valence-electron chi connectivity index (χ4n) is 2.83. The SMILES string of the molecule is CC(C)(C)OC(=O)N1CCN(C(=O)CNC2CCCNC2)CC1. The monoisotopic (exact) mass is 326 g/mol. The van der Waals surface area contributed by atoms with Crippen LogP contribution in [0.3, 0.4) is 0 Å². The van der Waals surface area contributed by atoms with Gasteiger partial charge in [-0.25, -0.2) is 4.79 Å². The summed E-state index contributed by atoms with van der Waals surface area (Å²) in [4.78, 5) is 27.8. The largest absolute Gasteiger partial charge is 0.444 e. The Labute approximate surface area is 138 Å². The molecule has 0 bridgehead atoms.